The van der Waals surface area contributed by atoms with Gasteiger partial charge in [0.05, 0.1) is 0 Å². The predicted molar refractivity (Wildman–Crippen MR) is 140 cm³/mol. The molecule has 0 N–H and O–H groups in total. The average molecular weight is 421 g/mol. The number of hydrogen-bond acceptors (Lipinski definition) is 0. The summed E-state index contributed by atoms with van der Waals surface area (Å²) in [4.78, 5) is 0. The molecular formula is C31H48. The molecule has 2 aromatic carbocycles. The molecule has 2 rings (SSSR count). The van der Waals surface area contributed by atoms with Crippen molar-refractivity contribution in [3.05, 3.63) is 68.8 Å². The van der Waals surface area contributed by atoms with Crippen LogP contribution in [0.2, 0.25) is 0 Å². The van der Waals surface area contributed by atoms with Gasteiger partial charge in [-0.25, -0.2) is 0 Å². The lowest BCUT2D eigenvalue weighted by Crippen LogP contribution is -2.12. The molecule has 0 fully saturated rings. The summed E-state index contributed by atoms with van der Waals surface area (Å²) in [6.07, 6.45) is 1.05. The SMILES string of the molecule is CC(C)c1cc(C(C)C)c(Cc2c(C(C)C)cc(C(C)C)cc2C(C)C)c(C(C)C)c1. The van der Waals surface area contributed by atoms with Gasteiger partial charge in [0.1, 0.15) is 0 Å². The van der Waals surface area contributed by atoms with Crippen LogP contribution in [0.4, 0.5) is 0 Å². The molecule has 0 aliphatic carbocycles. The maximum atomic E-state index is 2.50. The summed E-state index contributed by atoms with van der Waals surface area (Å²) in [6.45, 7) is 28.2. The second-order valence-electron chi connectivity index (χ2n) is 11.5. The van der Waals surface area contributed by atoms with Gasteiger partial charge in [0, 0.05) is 0 Å². The van der Waals surface area contributed by atoms with Crippen molar-refractivity contribution in [2.45, 2.75) is 125 Å². The van der Waals surface area contributed by atoms with Crippen molar-refractivity contribution < 1.29 is 0 Å². The van der Waals surface area contributed by atoms with Gasteiger partial charge < -0.3 is 0 Å². The molecule has 0 bridgehead atoms. The molecule has 0 atom stereocenters. The molecule has 0 amide bonds. The van der Waals surface area contributed by atoms with Gasteiger partial charge in [-0.2, -0.15) is 0 Å². The summed E-state index contributed by atoms with van der Waals surface area (Å²) in [7, 11) is 0. The van der Waals surface area contributed by atoms with Crippen molar-refractivity contribution in [3.8, 4) is 0 Å². The molecule has 0 heteroatoms. The fraction of sp³-hybridized carbons (Fsp3) is 0.613. The van der Waals surface area contributed by atoms with Gasteiger partial charge in [-0.15, -0.1) is 0 Å². The van der Waals surface area contributed by atoms with E-state index in [-0.39, 0.29) is 0 Å². The quantitative estimate of drug-likeness (QED) is 0.398. The van der Waals surface area contributed by atoms with Crippen LogP contribution < -0.4 is 0 Å². The zero-order valence-corrected chi connectivity index (χ0v) is 22.5. The minimum atomic E-state index is 0.533. The molecule has 0 spiro atoms. The van der Waals surface area contributed by atoms with Gasteiger partial charge in [-0.05, 0) is 86.4 Å². The third kappa shape index (κ3) is 5.82. The van der Waals surface area contributed by atoms with Crippen molar-refractivity contribution in [3.63, 3.8) is 0 Å². The van der Waals surface area contributed by atoms with Gasteiger partial charge in [-0.3, -0.25) is 0 Å². The van der Waals surface area contributed by atoms with E-state index in [4.69, 9.17) is 0 Å². The maximum absolute atomic E-state index is 2.50. The average Bonchev–Trinajstić information content (AvgIpc) is 2.66. The summed E-state index contributed by atoms with van der Waals surface area (Å²) in [5, 5.41) is 0. The van der Waals surface area contributed by atoms with Crippen molar-refractivity contribution in [2.75, 3.05) is 0 Å². The molecule has 0 aliphatic rings. The normalized spacial score (nSPS) is 12.5. The van der Waals surface area contributed by atoms with Crippen LogP contribution in [0.15, 0.2) is 24.3 Å². The van der Waals surface area contributed by atoms with Crippen molar-refractivity contribution >= 4 is 0 Å². The fourth-order valence-corrected chi connectivity index (χ4v) is 4.80. The van der Waals surface area contributed by atoms with Crippen LogP contribution in [0.3, 0.4) is 0 Å². The Bertz CT molecular complexity index is 743. The third-order valence-corrected chi connectivity index (χ3v) is 6.86. The minimum absolute atomic E-state index is 0.533. The van der Waals surface area contributed by atoms with Crippen LogP contribution in [-0.4, -0.2) is 0 Å². The molecule has 0 saturated heterocycles. The Kier molecular flexibility index (Phi) is 8.60. The van der Waals surface area contributed by atoms with Gasteiger partial charge in [0.15, 0.2) is 0 Å². The molecule has 31 heavy (non-hydrogen) atoms. The van der Waals surface area contributed by atoms with Crippen LogP contribution in [-0.2, 0) is 6.42 Å². The highest BCUT2D eigenvalue weighted by Gasteiger charge is 2.22. The standard InChI is InChI=1S/C31H48/c1-18(2)24-13-26(20(5)6)30(27(14-24)21(7)8)17-31-28(22(9)10)15-25(19(3)4)16-29(31)23(11)12/h13-16,18-23H,17H2,1-12H3. The van der Waals surface area contributed by atoms with E-state index in [1.165, 1.54) is 11.1 Å². The second-order valence-corrected chi connectivity index (χ2v) is 11.5. The molecule has 0 saturated carbocycles. The first-order valence-corrected chi connectivity index (χ1v) is 12.7. The smallest absolute Gasteiger partial charge is 0.00144 e. The molecule has 2 aromatic rings. The summed E-state index contributed by atoms with van der Waals surface area (Å²) in [6, 6.07) is 10.0. The van der Waals surface area contributed by atoms with E-state index in [2.05, 4.69) is 107 Å². The van der Waals surface area contributed by atoms with Crippen molar-refractivity contribution in [1.82, 2.24) is 0 Å². The van der Waals surface area contributed by atoms with Gasteiger partial charge >= 0.3 is 0 Å². The lowest BCUT2D eigenvalue weighted by molar-refractivity contribution is 0.761. The van der Waals surface area contributed by atoms with E-state index in [0.717, 1.165) is 6.42 Å². The molecule has 0 aliphatic heterocycles. The third-order valence-electron chi connectivity index (χ3n) is 6.86. The number of rotatable bonds is 8. The Morgan fingerprint density at radius 1 is 0.387 bits per heavy atom. The number of hydrogen-bond donors (Lipinski definition) is 0. The summed E-state index contributed by atoms with van der Waals surface area (Å²) in [5.41, 5.74) is 12.3. The summed E-state index contributed by atoms with van der Waals surface area (Å²) >= 11 is 0. The van der Waals surface area contributed by atoms with Gasteiger partial charge in [0.25, 0.3) is 0 Å². The first-order chi connectivity index (χ1) is 14.3. The molecule has 0 heterocycles. The molecule has 0 nitrogen and oxygen atoms in total. The largest absolute Gasteiger partial charge is 0.0587 e. The van der Waals surface area contributed by atoms with Crippen LogP contribution >= 0.6 is 0 Å². The van der Waals surface area contributed by atoms with Crippen LogP contribution in [0, 0.1) is 0 Å². The second kappa shape index (κ2) is 10.4. The fourth-order valence-electron chi connectivity index (χ4n) is 4.80. The van der Waals surface area contributed by atoms with E-state index in [1.807, 2.05) is 0 Å². The lowest BCUT2D eigenvalue weighted by Gasteiger charge is -2.27. The lowest BCUT2D eigenvalue weighted by atomic mass is 9.78. The van der Waals surface area contributed by atoms with E-state index < -0.39 is 0 Å². The highest BCUT2D eigenvalue weighted by atomic mass is 14.3. The van der Waals surface area contributed by atoms with Crippen LogP contribution in [0.25, 0.3) is 0 Å². The molecule has 0 unspecified atom stereocenters. The van der Waals surface area contributed by atoms with E-state index in [9.17, 15) is 0 Å². The minimum Gasteiger partial charge on any atom is -0.0587 e. The zero-order chi connectivity index (χ0) is 23.6. The molecule has 0 aromatic heterocycles. The Labute approximate surface area is 193 Å². The van der Waals surface area contributed by atoms with Gasteiger partial charge in [0.2, 0.25) is 0 Å². The Balaban J connectivity index is 2.83. The Morgan fingerprint density at radius 3 is 0.774 bits per heavy atom. The monoisotopic (exact) mass is 420 g/mol. The summed E-state index contributed by atoms with van der Waals surface area (Å²) in [5.74, 6) is 3.26. The maximum Gasteiger partial charge on any atom is -0.00144 e. The molecule has 172 valence electrons. The highest BCUT2D eigenvalue weighted by molar-refractivity contribution is 5.51. The van der Waals surface area contributed by atoms with Crippen molar-refractivity contribution in [1.29, 1.82) is 0 Å². The zero-order valence-electron chi connectivity index (χ0n) is 22.5. The van der Waals surface area contributed by atoms with Crippen molar-refractivity contribution in [2.24, 2.45) is 0 Å². The van der Waals surface area contributed by atoms with E-state index in [1.54, 1.807) is 33.4 Å². The van der Waals surface area contributed by atoms with E-state index in [0.29, 0.717) is 35.5 Å². The molecule has 0 radical (unpaired) electrons. The van der Waals surface area contributed by atoms with Crippen LogP contribution in [0.1, 0.15) is 163 Å². The van der Waals surface area contributed by atoms with Gasteiger partial charge in [-0.1, -0.05) is 107 Å². The Morgan fingerprint density at radius 2 is 0.613 bits per heavy atom. The van der Waals surface area contributed by atoms with Crippen LogP contribution in [0.5, 0.6) is 0 Å². The first kappa shape index (κ1) is 25.7. The topological polar surface area (TPSA) is 0 Å². The highest BCUT2D eigenvalue weighted by Crippen LogP contribution is 2.38. The number of benzene rings is 2. The first-order valence-electron chi connectivity index (χ1n) is 12.7. The predicted octanol–water partition coefficient (Wildman–Crippen LogP) is 10.0. The molecular weight excluding hydrogens is 372 g/mol. The summed E-state index contributed by atoms with van der Waals surface area (Å²) < 4.78 is 0. The van der Waals surface area contributed by atoms with E-state index >= 15 is 0 Å². The Hall–Kier alpha value is -1.56.